The third-order valence-electron chi connectivity index (χ3n) is 5.45. The number of benzene rings is 1. The summed E-state index contributed by atoms with van der Waals surface area (Å²) in [6.07, 6.45) is 2.15. The molecule has 162 valence electrons. The largest absolute Gasteiger partial charge is 0.383 e. The summed E-state index contributed by atoms with van der Waals surface area (Å²) in [5.74, 6) is 0.637. The number of anilines is 1. The number of nitrogens with zero attached hydrogens (tertiary/aromatic N) is 3. The Labute approximate surface area is 189 Å². The van der Waals surface area contributed by atoms with Crippen LogP contribution in [0.25, 0.3) is 10.2 Å². The molecule has 1 aromatic carbocycles. The molecule has 3 aromatic rings. The smallest absolute Gasteiger partial charge is 0.253 e. The molecule has 0 saturated carbocycles. The summed E-state index contributed by atoms with van der Waals surface area (Å²) in [5.41, 5.74) is 8.85. The van der Waals surface area contributed by atoms with Crippen LogP contribution in [-0.2, 0) is 11.3 Å². The molecule has 0 aliphatic carbocycles. The maximum atomic E-state index is 12.4. The highest BCUT2D eigenvalue weighted by molar-refractivity contribution is 7.99. The Bertz CT molecular complexity index is 1120. The van der Waals surface area contributed by atoms with Gasteiger partial charge in [0.05, 0.1) is 11.1 Å². The van der Waals surface area contributed by atoms with Gasteiger partial charge >= 0.3 is 0 Å². The molecule has 2 aromatic heterocycles. The average molecular weight is 456 g/mol. The number of thioether (sulfide) groups is 1. The van der Waals surface area contributed by atoms with Crippen LogP contribution >= 0.6 is 23.1 Å². The SMILES string of the molecule is Cc1sc2nc(SCC(=O)NCc3ccc(C(=O)N4CCCC4)cc3)nc(N)c2c1C. The zero-order valence-corrected chi connectivity index (χ0v) is 19.2. The average Bonchev–Trinajstić information content (AvgIpc) is 3.39. The van der Waals surface area contributed by atoms with Crippen LogP contribution in [0.5, 0.6) is 0 Å². The van der Waals surface area contributed by atoms with Gasteiger partial charge in [-0.05, 0) is 49.9 Å². The van der Waals surface area contributed by atoms with Crippen molar-refractivity contribution in [2.45, 2.75) is 38.4 Å². The predicted molar refractivity (Wildman–Crippen MR) is 125 cm³/mol. The lowest BCUT2D eigenvalue weighted by molar-refractivity contribution is -0.118. The van der Waals surface area contributed by atoms with Crippen molar-refractivity contribution in [1.82, 2.24) is 20.2 Å². The number of nitrogens with two attached hydrogens (primary N) is 1. The number of fused-ring (bicyclic) bond motifs is 1. The molecule has 0 unspecified atom stereocenters. The summed E-state index contributed by atoms with van der Waals surface area (Å²) < 4.78 is 0. The van der Waals surface area contributed by atoms with E-state index in [4.69, 9.17) is 5.73 Å². The van der Waals surface area contributed by atoms with Gasteiger partial charge in [0, 0.05) is 30.1 Å². The van der Waals surface area contributed by atoms with Gasteiger partial charge in [-0.1, -0.05) is 23.9 Å². The monoisotopic (exact) mass is 455 g/mol. The first-order chi connectivity index (χ1) is 14.9. The molecular weight excluding hydrogens is 430 g/mol. The predicted octanol–water partition coefficient (Wildman–Crippen LogP) is 3.53. The number of nitrogens with one attached hydrogen (secondary N) is 1. The van der Waals surface area contributed by atoms with Crippen molar-refractivity contribution in [3.63, 3.8) is 0 Å². The van der Waals surface area contributed by atoms with Crippen molar-refractivity contribution in [2.24, 2.45) is 0 Å². The second kappa shape index (κ2) is 9.23. The van der Waals surface area contributed by atoms with Gasteiger partial charge < -0.3 is 16.0 Å². The van der Waals surface area contributed by atoms with Crippen LogP contribution in [0.3, 0.4) is 0 Å². The molecule has 7 nitrogen and oxygen atoms in total. The van der Waals surface area contributed by atoms with Crippen LogP contribution < -0.4 is 11.1 Å². The van der Waals surface area contributed by atoms with Crippen LogP contribution in [0.1, 0.15) is 39.2 Å². The summed E-state index contributed by atoms with van der Waals surface area (Å²) >= 11 is 2.86. The van der Waals surface area contributed by atoms with Crippen LogP contribution in [-0.4, -0.2) is 45.5 Å². The van der Waals surface area contributed by atoms with E-state index < -0.39 is 0 Å². The molecule has 2 amide bonds. The number of hydrogen-bond acceptors (Lipinski definition) is 7. The van der Waals surface area contributed by atoms with Gasteiger partial charge in [0.25, 0.3) is 5.91 Å². The molecule has 31 heavy (non-hydrogen) atoms. The number of likely N-dealkylation sites (tertiary alicyclic amines) is 1. The lowest BCUT2D eigenvalue weighted by Gasteiger charge is -2.15. The number of thiophene rings is 1. The topological polar surface area (TPSA) is 101 Å². The molecule has 0 atom stereocenters. The minimum Gasteiger partial charge on any atom is -0.383 e. The normalized spacial score (nSPS) is 13.7. The van der Waals surface area contributed by atoms with Crippen molar-refractivity contribution in [3.8, 4) is 0 Å². The molecule has 1 aliphatic rings. The Hall–Kier alpha value is -2.65. The summed E-state index contributed by atoms with van der Waals surface area (Å²) in [6.45, 7) is 6.13. The summed E-state index contributed by atoms with van der Waals surface area (Å²) in [6, 6.07) is 7.42. The standard InChI is InChI=1S/C22H25N5O2S2/c1-13-14(2)31-20-18(13)19(23)25-22(26-20)30-12-17(28)24-11-15-5-7-16(8-6-15)21(29)27-9-3-4-10-27/h5-8H,3-4,9-12H2,1-2H3,(H,24,28)(H2,23,25,26). The first-order valence-electron chi connectivity index (χ1n) is 10.2. The minimum absolute atomic E-state index is 0.0804. The number of rotatable bonds is 6. The van der Waals surface area contributed by atoms with E-state index in [-0.39, 0.29) is 17.6 Å². The van der Waals surface area contributed by atoms with E-state index in [1.165, 1.54) is 16.6 Å². The lowest BCUT2D eigenvalue weighted by Crippen LogP contribution is -2.27. The molecule has 3 heterocycles. The van der Waals surface area contributed by atoms with Crippen molar-refractivity contribution in [2.75, 3.05) is 24.6 Å². The van der Waals surface area contributed by atoms with Gasteiger partial charge in [-0.25, -0.2) is 9.97 Å². The second-order valence-corrected chi connectivity index (χ2v) is 9.76. The van der Waals surface area contributed by atoms with E-state index >= 15 is 0 Å². The molecule has 3 N–H and O–H groups in total. The van der Waals surface area contributed by atoms with Gasteiger partial charge in [-0.2, -0.15) is 0 Å². The Morgan fingerprint density at radius 1 is 1.16 bits per heavy atom. The van der Waals surface area contributed by atoms with E-state index in [2.05, 4.69) is 15.3 Å². The summed E-state index contributed by atoms with van der Waals surface area (Å²) in [4.78, 5) is 37.5. The molecular formula is C22H25N5O2S2. The van der Waals surface area contributed by atoms with Crippen molar-refractivity contribution in [3.05, 3.63) is 45.8 Å². The lowest BCUT2D eigenvalue weighted by atomic mass is 10.1. The Morgan fingerprint density at radius 2 is 1.87 bits per heavy atom. The van der Waals surface area contributed by atoms with Crippen LogP contribution in [0.15, 0.2) is 29.4 Å². The Balaban J connectivity index is 1.29. The van der Waals surface area contributed by atoms with E-state index in [9.17, 15) is 9.59 Å². The summed E-state index contributed by atoms with van der Waals surface area (Å²) in [5, 5.41) is 4.31. The maximum absolute atomic E-state index is 12.4. The van der Waals surface area contributed by atoms with Gasteiger partial charge in [-0.3, -0.25) is 9.59 Å². The first kappa shape index (κ1) is 21.6. The molecule has 9 heteroatoms. The highest BCUT2D eigenvalue weighted by Gasteiger charge is 2.19. The van der Waals surface area contributed by atoms with Crippen LogP contribution in [0.4, 0.5) is 5.82 Å². The zero-order chi connectivity index (χ0) is 22.0. The van der Waals surface area contributed by atoms with Crippen molar-refractivity contribution in [1.29, 1.82) is 0 Å². The van der Waals surface area contributed by atoms with Crippen molar-refractivity contribution < 1.29 is 9.59 Å². The fraction of sp³-hybridized carbons (Fsp3) is 0.364. The third kappa shape index (κ3) is 4.83. The van der Waals surface area contributed by atoms with Gasteiger partial charge in [-0.15, -0.1) is 11.3 Å². The highest BCUT2D eigenvalue weighted by atomic mass is 32.2. The number of amides is 2. The number of nitrogen functional groups attached to an aromatic ring is 1. The van der Waals surface area contributed by atoms with E-state index in [0.717, 1.165) is 47.3 Å². The molecule has 4 rings (SSSR count). The van der Waals surface area contributed by atoms with E-state index in [1.807, 2.05) is 43.0 Å². The van der Waals surface area contributed by atoms with Gasteiger partial charge in [0.1, 0.15) is 10.6 Å². The van der Waals surface area contributed by atoms with Gasteiger partial charge in [0.2, 0.25) is 5.91 Å². The number of carbonyl (C=O) groups excluding carboxylic acids is 2. The van der Waals surface area contributed by atoms with E-state index in [0.29, 0.717) is 23.1 Å². The fourth-order valence-electron chi connectivity index (χ4n) is 3.57. The van der Waals surface area contributed by atoms with E-state index in [1.54, 1.807) is 11.3 Å². The number of carbonyl (C=O) groups is 2. The number of hydrogen-bond donors (Lipinski definition) is 2. The van der Waals surface area contributed by atoms with Gasteiger partial charge in [0.15, 0.2) is 5.16 Å². The minimum atomic E-state index is -0.108. The highest BCUT2D eigenvalue weighted by Crippen LogP contribution is 2.33. The molecule has 1 aliphatic heterocycles. The molecule has 0 bridgehead atoms. The number of aromatic nitrogens is 2. The molecule has 0 spiro atoms. The Morgan fingerprint density at radius 3 is 2.58 bits per heavy atom. The third-order valence-corrected chi connectivity index (χ3v) is 7.40. The molecule has 0 radical (unpaired) electrons. The van der Waals surface area contributed by atoms with Crippen LogP contribution in [0, 0.1) is 13.8 Å². The maximum Gasteiger partial charge on any atom is 0.253 e. The van der Waals surface area contributed by atoms with Crippen LogP contribution in [0.2, 0.25) is 0 Å². The molecule has 1 saturated heterocycles. The summed E-state index contributed by atoms with van der Waals surface area (Å²) in [7, 11) is 0. The first-order valence-corrected chi connectivity index (χ1v) is 12.0. The Kier molecular flexibility index (Phi) is 6.43. The quantitative estimate of drug-likeness (QED) is 0.436. The molecule has 1 fully saturated rings. The fourth-order valence-corrected chi connectivity index (χ4v) is 5.35. The van der Waals surface area contributed by atoms with Crippen molar-refractivity contribution >= 4 is 50.9 Å². The zero-order valence-electron chi connectivity index (χ0n) is 17.6. The second-order valence-electron chi connectivity index (χ2n) is 7.62. The number of aryl methyl sites for hydroxylation is 2.